The third-order valence-electron chi connectivity index (χ3n) is 3.84. The molecule has 1 aromatic heterocycles. The molecular weight excluding hydrogens is 262 g/mol. The van der Waals surface area contributed by atoms with Crippen LogP contribution >= 0.6 is 0 Å². The molecule has 108 valence electrons. The molecular formula is C13H23N3O2S. The number of nitrogens with two attached hydrogens (primary N) is 1. The first-order chi connectivity index (χ1) is 8.97. The summed E-state index contributed by atoms with van der Waals surface area (Å²) < 4.78 is 29.0. The van der Waals surface area contributed by atoms with E-state index >= 15 is 0 Å². The summed E-state index contributed by atoms with van der Waals surface area (Å²) in [5.41, 5.74) is 6.46. The average Bonchev–Trinajstić information content (AvgIpc) is 3.14. The van der Waals surface area contributed by atoms with Crippen molar-refractivity contribution in [2.45, 2.75) is 44.7 Å². The highest BCUT2D eigenvalue weighted by Crippen LogP contribution is 2.36. The van der Waals surface area contributed by atoms with Gasteiger partial charge < -0.3 is 10.3 Å². The Bertz CT molecular complexity index is 511. The molecule has 3 N–H and O–H groups in total. The second-order valence-corrected chi connectivity index (χ2v) is 7.09. The molecule has 19 heavy (non-hydrogen) atoms. The smallest absolute Gasteiger partial charge is 0.242 e. The minimum absolute atomic E-state index is 0.317. The predicted octanol–water partition coefficient (Wildman–Crippen LogP) is 1.29. The van der Waals surface area contributed by atoms with E-state index in [1.54, 1.807) is 12.3 Å². The summed E-state index contributed by atoms with van der Waals surface area (Å²) >= 11 is 0. The van der Waals surface area contributed by atoms with Gasteiger partial charge in [-0.2, -0.15) is 0 Å². The third kappa shape index (κ3) is 3.38. The Hall–Kier alpha value is -0.850. The molecule has 1 aliphatic carbocycles. The fourth-order valence-electron chi connectivity index (χ4n) is 2.29. The lowest BCUT2D eigenvalue weighted by molar-refractivity contribution is 0.492. The van der Waals surface area contributed by atoms with Crippen molar-refractivity contribution in [2.75, 3.05) is 6.54 Å². The molecule has 1 atom stereocenters. The molecule has 6 heteroatoms. The van der Waals surface area contributed by atoms with E-state index in [1.165, 1.54) is 12.8 Å². The molecule has 1 aliphatic rings. The summed E-state index contributed by atoms with van der Waals surface area (Å²) in [7, 11) is -3.41. The largest absolute Gasteiger partial charge is 0.349 e. The zero-order valence-electron chi connectivity index (χ0n) is 11.6. The van der Waals surface area contributed by atoms with Gasteiger partial charge in [0.15, 0.2) is 0 Å². The fourth-order valence-corrected chi connectivity index (χ4v) is 3.50. The lowest BCUT2D eigenvalue weighted by Crippen LogP contribution is -2.28. The molecule has 1 fully saturated rings. The van der Waals surface area contributed by atoms with Crippen LogP contribution in [0.4, 0.5) is 0 Å². The first-order valence-corrected chi connectivity index (χ1v) is 8.35. The van der Waals surface area contributed by atoms with Crippen molar-refractivity contribution >= 4 is 10.0 Å². The lowest BCUT2D eigenvalue weighted by Gasteiger charge is -2.11. The highest BCUT2D eigenvalue weighted by atomic mass is 32.2. The molecule has 0 saturated heterocycles. The Balaban J connectivity index is 2.07. The van der Waals surface area contributed by atoms with Crippen molar-refractivity contribution in [3.05, 3.63) is 18.0 Å². The number of aromatic nitrogens is 1. The molecule has 2 rings (SSSR count). The summed E-state index contributed by atoms with van der Waals surface area (Å²) in [6, 6.07) is 1.66. The van der Waals surface area contributed by atoms with Crippen molar-refractivity contribution < 1.29 is 8.42 Å². The maximum Gasteiger partial charge on any atom is 0.242 e. The van der Waals surface area contributed by atoms with Gasteiger partial charge in [0.2, 0.25) is 10.0 Å². The van der Waals surface area contributed by atoms with E-state index in [4.69, 9.17) is 5.73 Å². The van der Waals surface area contributed by atoms with Crippen LogP contribution in [-0.4, -0.2) is 19.5 Å². The quantitative estimate of drug-likeness (QED) is 0.792. The van der Waals surface area contributed by atoms with E-state index in [2.05, 4.69) is 11.6 Å². The summed E-state index contributed by atoms with van der Waals surface area (Å²) in [6.45, 7) is 5.66. The van der Waals surface area contributed by atoms with Crippen molar-refractivity contribution in [1.82, 2.24) is 9.29 Å². The number of nitrogens with one attached hydrogen (secondary N) is 1. The van der Waals surface area contributed by atoms with E-state index in [1.807, 2.05) is 11.5 Å². The van der Waals surface area contributed by atoms with Crippen LogP contribution in [0.1, 0.15) is 32.4 Å². The van der Waals surface area contributed by atoms with Crippen molar-refractivity contribution in [1.29, 1.82) is 0 Å². The standard InChI is InChI=1S/C13H23N3O2S/c1-3-16-9-13(6-12(16)7-14)19(17,18)15-8-10(2)11-4-5-11/h6,9-11,15H,3-5,7-8,14H2,1-2H3. The van der Waals surface area contributed by atoms with Crippen molar-refractivity contribution in [3.8, 4) is 0 Å². The molecule has 0 bridgehead atoms. The molecule has 0 aromatic carbocycles. The van der Waals surface area contributed by atoms with E-state index in [0.29, 0.717) is 29.8 Å². The second kappa shape index (κ2) is 5.64. The molecule has 0 aliphatic heterocycles. The van der Waals surface area contributed by atoms with E-state index in [0.717, 1.165) is 12.2 Å². The van der Waals surface area contributed by atoms with Gasteiger partial charge in [-0.15, -0.1) is 0 Å². The van der Waals surface area contributed by atoms with Gasteiger partial charge in [-0.05, 0) is 37.7 Å². The van der Waals surface area contributed by atoms with Crippen LogP contribution in [0.2, 0.25) is 0 Å². The Morgan fingerprint density at radius 2 is 2.21 bits per heavy atom. The fraction of sp³-hybridized carbons (Fsp3) is 0.692. The number of rotatable bonds is 7. The minimum Gasteiger partial charge on any atom is -0.349 e. The number of nitrogens with zero attached hydrogens (tertiary/aromatic N) is 1. The average molecular weight is 285 g/mol. The predicted molar refractivity (Wildman–Crippen MR) is 75.1 cm³/mol. The number of hydrogen-bond donors (Lipinski definition) is 2. The van der Waals surface area contributed by atoms with Gasteiger partial charge in [0.05, 0.1) is 4.90 Å². The molecule has 0 spiro atoms. The summed E-state index contributed by atoms with van der Waals surface area (Å²) in [6.07, 6.45) is 4.12. The summed E-state index contributed by atoms with van der Waals surface area (Å²) in [5.74, 6) is 1.11. The minimum atomic E-state index is -3.41. The number of aryl methyl sites for hydroxylation is 1. The van der Waals surface area contributed by atoms with Gasteiger partial charge in [-0.3, -0.25) is 0 Å². The molecule has 0 amide bonds. The highest BCUT2D eigenvalue weighted by molar-refractivity contribution is 7.89. The monoisotopic (exact) mass is 285 g/mol. The van der Waals surface area contributed by atoms with Crippen LogP contribution in [-0.2, 0) is 23.1 Å². The van der Waals surface area contributed by atoms with Gasteiger partial charge in [0.1, 0.15) is 0 Å². The molecule has 1 saturated carbocycles. The van der Waals surface area contributed by atoms with Crippen LogP contribution in [0.25, 0.3) is 0 Å². The first kappa shape index (κ1) is 14.6. The van der Waals surface area contributed by atoms with Gasteiger partial charge in [0, 0.05) is 31.5 Å². The summed E-state index contributed by atoms with van der Waals surface area (Å²) in [4.78, 5) is 0.317. The van der Waals surface area contributed by atoms with Crippen LogP contribution in [0.3, 0.4) is 0 Å². The van der Waals surface area contributed by atoms with Gasteiger partial charge in [-0.25, -0.2) is 13.1 Å². The Morgan fingerprint density at radius 1 is 1.53 bits per heavy atom. The number of sulfonamides is 1. The van der Waals surface area contributed by atoms with E-state index in [-0.39, 0.29) is 0 Å². The van der Waals surface area contributed by atoms with Gasteiger partial charge in [0.25, 0.3) is 0 Å². The van der Waals surface area contributed by atoms with Gasteiger partial charge >= 0.3 is 0 Å². The Kier molecular flexibility index (Phi) is 4.32. The molecule has 1 unspecified atom stereocenters. The highest BCUT2D eigenvalue weighted by Gasteiger charge is 2.29. The van der Waals surface area contributed by atoms with Crippen molar-refractivity contribution in [2.24, 2.45) is 17.6 Å². The Morgan fingerprint density at radius 3 is 2.68 bits per heavy atom. The molecule has 5 nitrogen and oxygen atoms in total. The third-order valence-corrected chi connectivity index (χ3v) is 5.23. The summed E-state index contributed by atoms with van der Waals surface area (Å²) in [5, 5.41) is 0. The molecule has 1 heterocycles. The second-order valence-electron chi connectivity index (χ2n) is 5.32. The zero-order valence-corrected chi connectivity index (χ0v) is 12.4. The van der Waals surface area contributed by atoms with E-state index < -0.39 is 10.0 Å². The van der Waals surface area contributed by atoms with Crippen LogP contribution in [0.5, 0.6) is 0 Å². The van der Waals surface area contributed by atoms with Crippen LogP contribution in [0, 0.1) is 11.8 Å². The lowest BCUT2D eigenvalue weighted by atomic mass is 10.1. The SMILES string of the molecule is CCn1cc(S(=O)(=O)NCC(C)C2CC2)cc1CN. The van der Waals surface area contributed by atoms with Crippen LogP contribution in [0.15, 0.2) is 17.2 Å². The zero-order chi connectivity index (χ0) is 14.0. The maximum absolute atomic E-state index is 12.2. The molecule has 1 aromatic rings. The number of hydrogen-bond acceptors (Lipinski definition) is 3. The normalized spacial score (nSPS) is 17.6. The van der Waals surface area contributed by atoms with Crippen LogP contribution < -0.4 is 10.5 Å². The maximum atomic E-state index is 12.2. The van der Waals surface area contributed by atoms with E-state index in [9.17, 15) is 8.42 Å². The van der Waals surface area contributed by atoms with Gasteiger partial charge in [-0.1, -0.05) is 6.92 Å². The molecule has 0 radical (unpaired) electrons. The Labute approximate surface area is 115 Å². The topological polar surface area (TPSA) is 77.1 Å². The van der Waals surface area contributed by atoms with Crippen molar-refractivity contribution in [3.63, 3.8) is 0 Å². The first-order valence-electron chi connectivity index (χ1n) is 6.86.